The van der Waals surface area contributed by atoms with Crippen molar-refractivity contribution < 1.29 is 9.53 Å². The van der Waals surface area contributed by atoms with E-state index in [-0.39, 0.29) is 12.4 Å². The van der Waals surface area contributed by atoms with Crippen molar-refractivity contribution in [3.05, 3.63) is 65.7 Å². The molecular formula is C16H16O2S. The third kappa shape index (κ3) is 4.23. The molecule has 2 aromatic rings. The van der Waals surface area contributed by atoms with E-state index in [0.717, 1.165) is 10.5 Å². The first-order valence-corrected chi connectivity index (χ1v) is 7.31. The van der Waals surface area contributed by atoms with Gasteiger partial charge in [-0.25, -0.2) is 0 Å². The highest BCUT2D eigenvalue weighted by molar-refractivity contribution is 7.98. The summed E-state index contributed by atoms with van der Waals surface area (Å²) in [4.78, 5) is 13.1. The number of carbonyl (C=O) groups excluding carboxylic acids is 1. The van der Waals surface area contributed by atoms with Crippen LogP contribution in [0.5, 0.6) is 0 Å². The summed E-state index contributed by atoms with van der Waals surface area (Å²) in [5.74, 6) is 0.0172. The number of rotatable bonds is 6. The second kappa shape index (κ2) is 7.12. The average Bonchev–Trinajstić information content (AvgIpc) is 2.48. The molecule has 0 unspecified atom stereocenters. The first kappa shape index (κ1) is 13.8. The van der Waals surface area contributed by atoms with E-state index in [4.69, 9.17) is 4.74 Å². The lowest BCUT2D eigenvalue weighted by Crippen LogP contribution is -2.08. The second-order valence-corrected chi connectivity index (χ2v) is 5.01. The molecule has 0 amide bonds. The lowest BCUT2D eigenvalue weighted by atomic mass is 10.1. The number of hydrogen-bond donors (Lipinski definition) is 0. The Hall–Kier alpha value is -1.58. The van der Waals surface area contributed by atoms with Crippen molar-refractivity contribution in [3.63, 3.8) is 0 Å². The molecule has 0 N–H and O–H groups in total. The van der Waals surface area contributed by atoms with E-state index >= 15 is 0 Å². The predicted molar refractivity (Wildman–Crippen MR) is 78.7 cm³/mol. The fraction of sp³-hybridized carbons (Fsp3) is 0.188. The van der Waals surface area contributed by atoms with Gasteiger partial charge in [0, 0.05) is 10.5 Å². The Morgan fingerprint density at radius 3 is 2.37 bits per heavy atom. The van der Waals surface area contributed by atoms with Crippen LogP contribution in [-0.4, -0.2) is 18.6 Å². The van der Waals surface area contributed by atoms with Gasteiger partial charge in [0.25, 0.3) is 0 Å². The highest BCUT2D eigenvalue weighted by Crippen LogP contribution is 2.15. The van der Waals surface area contributed by atoms with E-state index in [9.17, 15) is 4.79 Å². The van der Waals surface area contributed by atoms with E-state index in [1.807, 2.05) is 60.9 Å². The molecule has 0 saturated carbocycles. The molecule has 2 nitrogen and oxygen atoms in total. The molecule has 0 saturated heterocycles. The maximum atomic E-state index is 11.9. The lowest BCUT2D eigenvalue weighted by molar-refractivity contribution is 0.0726. The second-order valence-electron chi connectivity index (χ2n) is 4.13. The summed E-state index contributed by atoms with van der Waals surface area (Å²) in [5.41, 5.74) is 1.78. The molecule has 2 rings (SSSR count). The topological polar surface area (TPSA) is 26.3 Å². The number of Topliss-reactive ketones (excluding diaryl/α,β-unsaturated/α-hetero) is 1. The van der Waals surface area contributed by atoms with Gasteiger partial charge in [-0.05, 0) is 24.0 Å². The van der Waals surface area contributed by atoms with E-state index in [1.165, 1.54) is 0 Å². The van der Waals surface area contributed by atoms with Crippen molar-refractivity contribution in [2.24, 2.45) is 0 Å². The maximum absolute atomic E-state index is 11.9. The van der Waals surface area contributed by atoms with Gasteiger partial charge in [0.2, 0.25) is 0 Å². The molecule has 2 aromatic carbocycles. The van der Waals surface area contributed by atoms with Gasteiger partial charge in [0.05, 0.1) is 6.61 Å². The quantitative estimate of drug-likeness (QED) is 0.591. The van der Waals surface area contributed by atoms with Crippen LogP contribution in [0.4, 0.5) is 0 Å². The molecule has 3 heteroatoms. The number of carbonyl (C=O) groups is 1. The lowest BCUT2D eigenvalue weighted by Gasteiger charge is -2.04. The number of ketones is 1. The molecule has 0 heterocycles. The standard InChI is InChI=1S/C16H16O2S/c1-19-15-9-7-14(8-10-15)16(17)12-18-11-13-5-3-2-4-6-13/h2-10H,11-12H2,1H3. The minimum absolute atomic E-state index is 0.0172. The Bertz CT molecular complexity index is 520. The van der Waals surface area contributed by atoms with Gasteiger partial charge in [-0.3, -0.25) is 4.79 Å². The van der Waals surface area contributed by atoms with Crippen molar-refractivity contribution in [3.8, 4) is 0 Å². The fourth-order valence-corrected chi connectivity index (χ4v) is 2.10. The molecule has 19 heavy (non-hydrogen) atoms. The number of benzene rings is 2. The van der Waals surface area contributed by atoms with Crippen molar-refractivity contribution in [2.75, 3.05) is 12.9 Å². The molecule has 0 aromatic heterocycles. The Labute approximate surface area is 117 Å². The highest BCUT2D eigenvalue weighted by Gasteiger charge is 2.05. The van der Waals surface area contributed by atoms with Crippen LogP contribution in [0.1, 0.15) is 15.9 Å². The summed E-state index contributed by atoms with van der Waals surface area (Å²) >= 11 is 1.66. The van der Waals surface area contributed by atoms with Crippen LogP contribution >= 0.6 is 11.8 Å². The Kier molecular flexibility index (Phi) is 5.19. The summed E-state index contributed by atoms with van der Waals surface area (Å²) in [6.45, 7) is 0.586. The summed E-state index contributed by atoms with van der Waals surface area (Å²) in [5, 5.41) is 0. The molecule has 0 radical (unpaired) electrons. The Morgan fingerprint density at radius 1 is 1.05 bits per heavy atom. The van der Waals surface area contributed by atoms with Gasteiger partial charge in [-0.15, -0.1) is 11.8 Å². The summed E-state index contributed by atoms with van der Waals surface area (Å²) in [6, 6.07) is 17.4. The molecule has 0 aliphatic carbocycles. The van der Waals surface area contributed by atoms with Crippen molar-refractivity contribution in [1.82, 2.24) is 0 Å². The summed E-state index contributed by atoms with van der Waals surface area (Å²) in [7, 11) is 0. The summed E-state index contributed by atoms with van der Waals surface area (Å²) < 4.78 is 5.44. The molecule has 0 bridgehead atoms. The largest absolute Gasteiger partial charge is 0.369 e. The van der Waals surface area contributed by atoms with E-state index in [1.54, 1.807) is 11.8 Å². The number of thioether (sulfide) groups is 1. The molecule has 0 fully saturated rings. The van der Waals surface area contributed by atoms with Crippen LogP contribution in [0.15, 0.2) is 59.5 Å². The zero-order chi connectivity index (χ0) is 13.5. The molecule has 98 valence electrons. The molecule has 0 aliphatic rings. The predicted octanol–water partition coefficient (Wildman–Crippen LogP) is 3.81. The van der Waals surface area contributed by atoms with E-state index in [2.05, 4.69) is 0 Å². The minimum atomic E-state index is 0.0172. The van der Waals surface area contributed by atoms with Gasteiger partial charge in [0.1, 0.15) is 6.61 Å². The zero-order valence-corrected chi connectivity index (χ0v) is 11.7. The van der Waals surface area contributed by atoms with Crippen LogP contribution in [0.2, 0.25) is 0 Å². The molecule has 0 spiro atoms. The van der Waals surface area contributed by atoms with Gasteiger partial charge >= 0.3 is 0 Å². The normalized spacial score (nSPS) is 10.4. The van der Waals surface area contributed by atoms with Crippen LogP contribution in [0, 0.1) is 0 Å². The van der Waals surface area contributed by atoms with E-state index < -0.39 is 0 Å². The molecular weight excluding hydrogens is 256 g/mol. The highest BCUT2D eigenvalue weighted by atomic mass is 32.2. The van der Waals surface area contributed by atoms with Crippen molar-refractivity contribution >= 4 is 17.5 Å². The van der Waals surface area contributed by atoms with Crippen molar-refractivity contribution in [1.29, 1.82) is 0 Å². The maximum Gasteiger partial charge on any atom is 0.188 e. The third-order valence-corrected chi connectivity index (χ3v) is 3.50. The fourth-order valence-electron chi connectivity index (χ4n) is 1.70. The number of ether oxygens (including phenoxy) is 1. The van der Waals surface area contributed by atoms with Gasteiger partial charge in [0.15, 0.2) is 5.78 Å². The average molecular weight is 272 g/mol. The summed E-state index contributed by atoms with van der Waals surface area (Å²) in [6.07, 6.45) is 2.01. The first-order valence-electron chi connectivity index (χ1n) is 6.08. The zero-order valence-electron chi connectivity index (χ0n) is 10.8. The SMILES string of the molecule is CSc1ccc(C(=O)COCc2ccccc2)cc1. The van der Waals surface area contributed by atoms with E-state index in [0.29, 0.717) is 12.2 Å². The van der Waals surface area contributed by atoms with Gasteiger partial charge < -0.3 is 4.74 Å². The Morgan fingerprint density at radius 2 is 1.74 bits per heavy atom. The van der Waals surface area contributed by atoms with Crippen LogP contribution < -0.4 is 0 Å². The molecule has 0 atom stereocenters. The molecule has 0 aliphatic heterocycles. The van der Waals surface area contributed by atoms with Crippen LogP contribution in [-0.2, 0) is 11.3 Å². The third-order valence-electron chi connectivity index (χ3n) is 2.76. The monoisotopic (exact) mass is 272 g/mol. The van der Waals surface area contributed by atoms with Crippen LogP contribution in [0.25, 0.3) is 0 Å². The smallest absolute Gasteiger partial charge is 0.188 e. The number of hydrogen-bond acceptors (Lipinski definition) is 3. The first-order chi connectivity index (χ1) is 9.29. The Balaban J connectivity index is 1.84. The van der Waals surface area contributed by atoms with Crippen molar-refractivity contribution in [2.45, 2.75) is 11.5 Å². The van der Waals surface area contributed by atoms with Crippen LogP contribution in [0.3, 0.4) is 0 Å². The van der Waals surface area contributed by atoms with Gasteiger partial charge in [-0.1, -0.05) is 42.5 Å². The van der Waals surface area contributed by atoms with Gasteiger partial charge in [-0.2, -0.15) is 0 Å². The minimum Gasteiger partial charge on any atom is -0.369 e.